The summed E-state index contributed by atoms with van der Waals surface area (Å²) in [5.41, 5.74) is -5.93. The molecule has 0 aromatic heterocycles. The predicted molar refractivity (Wildman–Crippen MR) is 216 cm³/mol. The molecule has 3 fully saturated rings. The van der Waals surface area contributed by atoms with Crippen molar-refractivity contribution in [2.45, 2.75) is 211 Å². The number of methoxy groups -OCH3 is 1. The van der Waals surface area contributed by atoms with Crippen LogP contribution < -0.4 is 16.0 Å². The van der Waals surface area contributed by atoms with E-state index in [2.05, 4.69) is 16.0 Å². The Kier molecular flexibility index (Phi) is 18.7. The largest absolute Gasteiger partial charge is 0.459 e. The van der Waals surface area contributed by atoms with E-state index in [1.807, 2.05) is 41.5 Å². The van der Waals surface area contributed by atoms with Crippen molar-refractivity contribution in [2.24, 2.45) is 17.8 Å². The van der Waals surface area contributed by atoms with Crippen LogP contribution in [0, 0.1) is 17.8 Å². The summed E-state index contributed by atoms with van der Waals surface area (Å²) in [5.74, 6) is -2.61. The van der Waals surface area contributed by atoms with Crippen LogP contribution >= 0.6 is 0 Å². The van der Waals surface area contributed by atoms with Crippen molar-refractivity contribution >= 4 is 5.97 Å². The number of aliphatic hydroxyl groups is 5. The molecule has 8 N–H and O–H groups in total. The molecule has 0 unspecified atom stereocenters. The highest BCUT2D eigenvalue weighted by molar-refractivity contribution is 5.73. The number of hydrogen-bond acceptors (Lipinski definition) is 15. The van der Waals surface area contributed by atoms with Crippen LogP contribution in [0.4, 0.5) is 0 Å². The molecule has 336 valence electrons. The molecule has 0 saturated carbocycles. The number of cyclic esters (lactones) is 1. The molecule has 0 aliphatic carbocycles. The van der Waals surface area contributed by atoms with Crippen LogP contribution in [0.3, 0.4) is 0 Å². The van der Waals surface area contributed by atoms with Gasteiger partial charge in [0, 0.05) is 38.5 Å². The molecule has 18 atom stereocenters. The number of aliphatic hydroxyl groups excluding tert-OH is 2. The van der Waals surface area contributed by atoms with Crippen molar-refractivity contribution in [2.75, 3.05) is 33.3 Å². The number of carbonyl (C=O) groups excluding carboxylic acids is 1. The molecular formula is C42H81N3O12. The van der Waals surface area contributed by atoms with Gasteiger partial charge in [-0.25, -0.2) is 0 Å². The molecule has 15 heteroatoms. The topological polar surface area (TPSA) is 210 Å². The standard InChI is InChI=1S/C42H81N3O12/c1-14-17-43-23-42(51)29(9)54-32(21-40(42,11)52-13)56-34-26(6)36(57-38-33(44-18-15-2)30(46)19-25(5)53-38)39(10,49)20-24(4)22-45-28(8)35(47)41(12,50)31(16-3)55-37(48)27(34)7/h24-36,38,43-47,49-51H,14-23H2,1-13H3/t24-,25-,26+,27-,28-,29+,30+,31-,32+,33-,34-,35-,36-,38+,39-,40-,41-,42+/m1/s1. The summed E-state index contributed by atoms with van der Waals surface area (Å²) >= 11 is 0. The number of esters is 1. The van der Waals surface area contributed by atoms with Crippen LogP contribution in [0.1, 0.15) is 122 Å². The maximum Gasteiger partial charge on any atom is 0.311 e. The summed E-state index contributed by atoms with van der Waals surface area (Å²) in [6.45, 7) is 23.6. The van der Waals surface area contributed by atoms with Crippen LogP contribution in [0.15, 0.2) is 0 Å². The SMILES string of the molecule is CCCNC[C@]1(O)[C@H](C)O[C@@H](O[C@@H]2[C@H](C)[C@@H](O[C@@H]3O[C@H](C)C[C@H](O)[C@H]3NCCC)[C@](C)(O)C[C@@H](C)CN[C@H](C)[C@@H](O)[C@](C)(O)[C@@H](CC)OC(=O)[C@@H]2C)C[C@@]1(C)OC. The molecule has 57 heavy (non-hydrogen) atoms. The van der Waals surface area contributed by atoms with E-state index in [0.29, 0.717) is 26.1 Å². The lowest BCUT2D eigenvalue weighted by molar-refractivity contribution is -0.334. The first-order valence-corrected chi connectivity index (χ1v) is 21.6. The average Bonchev–Trinajstić information content (AvgIpc) is 3.14. The molecule has 3 saturated heterocycles. The molecule has 0 aromatic carbocycles. The lowest BCUT2D eigenvalue weighted by atomic mass is 9.75. The van der Waals surface area contributed by atoms with Crippen molar-refractivity contribution in [3.05, 3.63) is 0 Å². The van der Waals surface area contributed by atoms with Gasteiger partial charge in [-0.2, -0.15) is 0 Å². The van der Waals surface area contributed by atoms with Gasteiger partial charge in [-0.05, 0) is 99.7 Å². The smallest absolute Gasteiger partial charge is 0.311 e. The fourth-order valence-corrected chi connectivity index (χ4v) is 9.25. The minimum atomic E-state index is -1.81. The number of rotatable bonds is 13. The zero-order valence-corrected chi connectivity index (χ0v) is 37.2. The summed E-state index contributed by atoms with van der Waals surface area (Å²) in [7, 11) is 1.54. The maximum absolute atomic E-state index is 14.4. The highest BCUT2D eigenvalue weighted by atomic mass is 16.7. The Bertz CT molecular complexity index is 1230. The Morgan fingerprint density at radius 2 is 1.56 bits per heavy atom. The molecule has 0 aromatic rings. The van der Waals surface area contributed by atoms with E-state index in [4.69, 9.17) is 28.4 Å². The predicted octanol–water partition coefficient (Wildman–Crippen LogP) is 2.37. The first-order chi connectivity index (χ1) is 26.5. The molecule has 0 radical (unpaired) electrons. The molecule has 0 bridgehead atoms. The minimum Gasteiger partial charge on any atom is -0.459 e. The summed E-state index contributed by atoms with van der Waals surface area (Å²) in [5, 5.41) is 69.0. The van der Waals surface area contributed by atoms with Gasteiger partial charge in [-0.15, -0.1) is 0 Å². The summed E-state index contributed by atoms with van der Waals surface area (Å²) in [6.07, 6.45) is -5.62. The third-order valence-corrected chi connectivity index (χ3v) is 13.0. The summed E-state index contributed by atoms with van der Waals surface area (Å²) in [6, 6.07) is -1.19. The Morgan fingerprint density at radius 3 is 2.16 bits per heavy atom. The van der Waals surface area contributed by atoms with E-state index >= 15 is 0 Å². The maximum atomic E-state index is 14.4. The molecular weight excluding hydrogens is 738 g/mol. The zero-order valence-electron chi connectivity index (χ0n) is 37.2. The van der Waals surface area contributed by atoms with Gasteiger partial charge >= 0.3 is 5.97 Å². The van der Waals surface area contributed by atoms with Gasteiger partial charge in [0.05, 0.1) is 48.1 Å². The third kappa shape index (κ3) is 11.9. The van der Waals surface area contributed by atoms with Crippen LogP contribution in [0.2, 0.25) is 0 Å². The summed E-state index contributed by atoms with van der Waals surface area (Å²) < 4.78 is 38.7. The number of hydrogen-bond donors (Lipinski definition) is 8. The lowest BCUT2D eigenvalue weighted by Gasteiger charge is -2.53. The molecule has 0 spiro atoms. The second-order valence-corrected chi connectivity index (χ2v) is 18.2. The van der Waals surface area contributed by atoms with E-state index in [-0.39, 0.29) is 37.8 Å². The molecule has 15 nitrogen and oxygen atoms in total. The van der Waals surface area contributed by atoms with E-state index < -0.39 is 101 Å². The molecule has 3 heterocycles. The van der Waals surface area contributed by atoms with Crippen molar-refractivity contribution in [1.29, 1.82) is 0 Å². The molecule has 3 rings (SSSR count). The van der Waals surface area contributed by atoms with Crippen molar-refractivity contribution in [3.8, 4) is 0 Å². The normalized spacial score (nSPS) is 47.2. The second kappa shape index (κ2) is 21.2. The van der Waals surface area contributed by atoms with E-state index in [1.165, 1.54) is 6.92 Å². The van der Waals surface area contributed by atoms with Crippen LogP contribution in [-0.2, 0) is 33.2 Å². The van der Waals surface area contributed by atoms with E-state index in [9.17, 15) is 30.3 Å². The Hall–Kier alpha value is -1.05. The summed E-state index contributed by atoms with van der Waals surface area (Å²) in [4.78, 5) is 14.4. The van der Waals surface area contributed by atoms with Crippen molar-refractivity contribution in [1.82, 2.24) is 16.0 Å². The van der Waals surface area contributed by atoms with Gasteiger partial charge in [-0.1, -0.05) is 34.6 Å². The average molecular weight is 820 g/mol. The van der Waals surface area contributed by atoms with Gasteiger partial charge in [0.1, 0.15) is 29.0 Å². The van der Waals surface area contributed by atoms with Gasteiger partial charge in [0.2, 0.25) is 0 Å². The first-order valence-electron chi connectivity index (χ1n) is 21.6. The first kappa shape index (κ1) is 50.3. The number of nitrogens with one attached hydrogen (secondary N) is 3. The monoisotopic (exact) mass is 820 g/mol. The van der Waals surface area contributed by atoms with E-state index in [1.54, 1.807) is 41.7 Å². The molecule has 3 aliphatic rings. The van der Waals surface area contributed by atoms with E-state index in [0.717, 1.165) is 12.8 Å². The Morgan fingerprint density at radius 1 is 0.912 bits per heavy atom. The lowest BCUT2D eigenvalue weighted by Crippen LogP contribution is -2.70. The van der Waals surface area contributed by atoms with Gasteiger partial charge in [0.25, 0.3) is 0 Å². The van der Waals surface area contributed by atoms with Crippen molar-refractivity contribution < 1.29 is 58.7 Å². The van der Waals surface area contributed by atoms with Crippen LogP contribution in [0.5, 0.6) is 0 Å². The highest BCUT2D eigenvalue weighted by Crippen LogP contribution is 2.43. The second-order valence-electron chi connectivity index (χ2n) is 18.2. The van der Waals surface area contributed by atoms with Gasteiger partial charge in [-0.3, -0.25) is 4.79 Å². The Balaban J connectivity index is 2.17. The highest BCUT2D eigenvalue weighted by Gasteiger charge is 2.58. The number of ether oxygens (including phenoxy) is 6. The molecule has 0 amide bonds. The van der Waals surface area contributed by atoms with Crippen LogP contribution in [0.25, 0.3) is 0 Å². The number of carbonyl (C=O) groups is 1. The van der Waals surface area contributed by atoms with Gasteiger partial charge < -0.3 is 69.9 Å². The zero-order chi connectivity index (χ0) is 43.1. The fraction of sp³-hybridized carbons (Fsp3) is 0.976. The van der Waals surface area contributed by atoms with Gasteiger partial charge in [0.15, 0.2) is 12.6 Å². The minimum absolute atomic E-state index is 0.0998. The quantitative estimate of drug-likeness (QED) is 0.0992. The third-order valence-electron chi connectivity index (χ3n) is 13.0. The van der Waals surface area contributed by atoms with Crippen molar-refractivity contribution in [3.63, 3.8) is 0 Å². The Labute approximate surface area is 342 Å². The fourth-order valence-electron chi connectivity index (χ4n) is 9.25. The van der Waals surface area contributed by atoms with Crippen LogP contribution in [-0.4, -0.2) is 155 Å². The molecule has 3 aliphatic heterocycles.